The molecule has 0 unspecified atom stereocenters. The molecule has 1 aliphatic heterocycles. The highest BCUT2D eigenvalue weighted by molar-refractivity contribution is 5.88. The second kappa shape index (κ2) is 3.82. The summed E-state index contributed by atoms with van der Waals surface area (Å²) < 4.78 is 5.25. The third kappa shape index (κ3) is 1.84. The minimum absolute atomic E-state index is 0.0110. The highest BCUT2D eigenvalue weighted by Gasteiger charge is 2.52. The van der Waals surface area contributed by atoms with Crippen molar-refractivity contribution in [1.29, 1.82) is 5.26 Å². The predicted molar refractivity (Wildman–Crippen MR) is 53.9 cm³/mol. The lowest BCUT2D eigenvalue weighted by molar-refractivity contribution is -0.137. The van der Waals surface area contributed by atoms with Crippen LogP contribution < -0.4 is 0 Å². The zero-order chi connectivity index (χ0) is 10.9. The summed E-state index contributed by atoms with van der Waals surface area (Å²) in [6.45, 7) is 1.45. The molecular formula is C11H16N2O2. The number of rotatable bonds is 2. The summed E-state index contributed by atoms with van der Waals surface area (Å²) in [5, 5.41) is 8.95. The Labute approximate surface area is 89.8 Å². The molecule has 0 atom stereocenters. The third-order valence-corrected chi connectivity index (χ3v) is 3.43. The van der Waals surface area contributed by atoms with Gasteiger partial charge in [0.15, 0.2) is 0 Å². The van der Waals surface area contributed by atoms with Gasteiger partial charge in [-0.3, -0.25) is 4.79 Å². The lowest BCUT2D eigenvalue weighted by Gasteiger charge is -2.32. The highest BCUT2D eigenvalue weighted by Crippen LogP contribution is 2.46. The predicted octanol–water partition coefficient (Wildman–Crippen LogP) is 0.928. The topological polar surface area (TPSA) is 53.3 Å². The van der Waals surface area contributed by atoms with E-state index in [9.17, 15) is 4.79 Å². The molecule has 0 aromatic carbocycles. The van der Waals surface area contributed by atoms with E-state index in [1.54, 1.807) is 4.90 Å². The highest BCUT2D eigenvalue weighted by atomic mass is 16.5. The Morgan fingerprint density at radius 2 is 2.07 bits per heavy atom. The van der Waals surface area contributed by atoms with Gasteiger partial charge in [-0.25, -0.2) is 0 Å². The first-order valence-electron chi connectivity index (χ1n) is 5.46. The molecule has 0 radical (unpaired) electrons. The second-order valence-corrected chi connectivity index (χ2v) is 4.45. The first-order valence-corrected chi connectivity index (χ1v) is 5.46. The van der Waals surface area contributed by atoms with Gasteiger partial charge in [-0.2, -0.15) is 5.26 Å². The SMILES string of the molecule is CN(C(=O)C1(C#N)CC1)C1CCOCC1. The van der Waals surface area contributed by atoms with Crippen LogP contribution in [0, 0.1) is 16.7 Å². The van der Waals surface area contributed by atoms with E-state index in [1.807, 2.05) is 7.05 Å². The number of carbonyl (C=O) groups is 1. The van der Waals surface area contributed by atoms with Crippen molar-refractivity contribution in [2.45, 2.75) is 31.7 Å². The molecule has 15 heavy (non-hydrogen) atoms. The van der Waals surface area contributed by atoms with Crippen LogP contribution >= 0.6 is 0 Å². The van der Waals surface area contributed by atoms with Gasteiger partial charge >= 0.3 is 0 Å². The van der Waals surface area contributed by atoms with E-state index in [4.69, 9.17) is 10.00 Å². The maximum atomic E-state index is 12.0. The van der Waals surface area contributed by atoms with Gasteiger partial charge in [0.2, 0.25) is 5.91 Å². The molecule has 2 aliphatic rings. The van der Waals surface area contributed by atoms with Crippen LogP contribution in [0.4, 0.5) is 0 Å². The zero-order valence-electron chi connectivity index (χ0n) is 9.03. The standard InChI is InChI=1S/C11H16N2O2/c1-13(9-2-6-15-7-3-9)10(14)11(8-12)4-5-11/h9H,2-7H2,1H3. The second-order valence-electron chi connectivity index (χ2n) is 4.45. The molecule has 4 nitrogen and oxygen atoms in total. The molecule has 0 aromatic rings. The van der Waals surface area contributed by atoms with Crippen molar-refractivity contribution in [3.05, 3.63) is 0 Å². The van der Waals surface area contributed by atoms with Crippen molar-refractivity contribution in [2.24, 2.45) is 5.41 Å². The Morgan fingerprint density at radius 3 is 2.53 bits per heavy atom. The fourth-order valence-corrected chi connectivity index (χ4v) is 2.07. The van der Waals surface area contributed by atoms with Crippen molar-refractivity contribution in [3.63, 3.8) is 0 Å². The summed E-state index contributed by atoms with van der Waals surface area (Å²) in [6.07, 6.45) is 3.25. The van der Waals surface area contributed by atoms with E-state index in [1.165, 1.54) is 0 Å². The van der Waals surface area contributed by atoms with Gasteiger partial charge in [-0.15, -0.1) is 0 Å². The molecular weight excluding hydrogens is 192 g/mol. The smallest absolute Gasteiger partial charge is 0.243 e. The van der Waals surface area contributed by atoms with Crippen molar-refractivity contribution in [1.82, 2.24) is 4.90 Å². The van der Waals surface area contributed by atoms with E-state index >= 15 is 0 Å². The summed E-state index contributed by atoms with van der Waals surface area (Å²) in [4.78, 5) is 13.8. The Kier molecular flexibility index (Phi) is 2.66. The van der Waals surface area contributed by atoms with E-state index in [0.717, 1.165) is 38.9 Å². The fourth-order valence-electron chi connectivity index (χ4n) is 2.07. The van der Waals surface area contributed by atoms with Crippen molar-refractivity contribution in [3.8, 4) is 6.07 Å². The maximum Gasteiger partial charge on any atom is 0.243 e. The summed E-state index contributed by atoms with van der Waals surface area (Å²) >= 11 is 0. The number of carbonyl (C=O) groups excluding carboxylic acids is 1. The monoisotopic (exact) mass is 208 g/mol. The van der Waals surface area contributed by atoms with Gasteiger partial charge in [0.1, 0.15) is 5.41 Å². The summed E-state index contributed by atoms with van der Waals surface area (Å²) in [7, 11) is 1.82. The fraction of sp³-hybridized carbons (Fsp3) is 0.818. The number of hydrogen-bond donors (Lipinski definition) is 0. The van der Waals surface area contributed by atoms with Crippen LogP contribution in [0.2, 0.25) is 0 Å². The van der Waals surface area contributed by atoms with E-state index < -0.39 is 5.41 Å². The molecule has 0 spiro atoms. The van der Waals surface area contributed by atoms with E-state index in [0.29, 0.717) is 0 Å². The van der Waals surface area contributed by atoms with Crippen LogP contribution in [0.5, 0.6) is 0 Å². The van der Waals surface area contributed by atoms with Gasteiger partial charge in [-0.05, 0) is 25.7 Å². The number of hydrogen-bond acceptors (Lipinski definition) is 3. The molecule has 0 bridgehead atoms. The third-order valence-electron chi connectivity index (χ3n) is 3.43. The number of ether oxygens (including phenoxy) is 1. The molecule has 2 fully saturated rings. The van der Waals surface area contributed by atoms with Crippen molar-refractivity contribution >= 4 is 5.91 Å². The van der Waals surface area contributed by atoms with E-state index in [2.05, 4.69) is 6.07 Å². The molecule has 82 valence electrons. The van der Waals surface area contributed by atoms with Gasteiger partial charge in [0.25, 0.3) is 0 Å². The van der Waals surface area contributed by atoms with Gasteiger partial charge in [-0.1, -0.05) is 0 Å². The summed E-state index contributed by atoms with van der Waals surface area (Å²) in [5.41, 5.74) is -0.674. The lowest BCUT2D eigenvalue weighted by atomic mass is 10.0. The Bertz CT molecular complexity index is 298. The van der Waals surface area contributed by atoms with Crippen molar-refractivity contribution in [2.75, 3.05) is 20.3 Å². The largest absolute Gasteiger partial charge is 0.381 e. The average Bonchev–Trinajstić information content (AvgIpc) is 3.09. The first-order chi connectivity index (χ1) is 7.19. The van der Waals surface area contributed by atoms with Gasteiger partial charge in [0.05, 0.1) is 6.07 Å². The van der Waals surface area contributed by atoms with Crippen LogP contribution in [-0.2, 0) is 9.53 Å². The quantitative estimate of drug-likeness (QED) is 0.678. The molecule has 1 amide bonds. The minimum atomic E-state index is -0.674. The molecule has 0 aromatic heterocycles. The van der Waals surface area contributed by atoms with Crippen LogP contribution in [0.25, 0.3) is 0 Å². The first kappa shape index (κ1) is 10.4. The Hall–Kier alpha value is -1.08. The summed E-state index contributed by atoms with van der Waals surface area (Å²) in [5.74, 6) is 0.0110. The van der Waals surface area contributed by atoms with Crippen LogP contribution in [0.3, 0.4) is 0 Å². The zero-order valence-corrected chi connectivity index (χ0v) is 9.03. The van der Waals surface area contributed by atoms with Crippen molar-refractivity contribution < 1.29 is 9.53 Å². The van der Waals surface area contributed by atoms with Crippen LogP contribution in [0.15, 0.2) is 0 Å². The molecule has 1 saturated carbocycles. The lowest BCUT2D eigenvalue weighted by Crippen LogP contribution is -2.43. The number of amides is 1. The molecule has 1 heterocycles. The Morgan fingerprint density at radius 1 is 1.47 bits per heavy atom. The maximum absolute atomic E-state index is 12.0. The normalized spacial score (nSPS) is 24.3. The molecule has 2 rings (SSSR count). The molecule has 1 aliphatic carbocycles. The van der Waals surface area contributed by atoms with Crippen LogP contribution in [0.1, 0.15) is 25.7 Å². The molecule has 4 heteroatoms. The average molecular weight is 208 g/mol. The number of nitrogens with zero attached hydrogens (tertiary/aromatic N) is 2. The Balaban J connectivity index is 1.98. The summed E-state index contributed by atoms with van der Waals surface area (Å²) in [6, 6.07) is 2.41. The molecule has 1 saturated heterocycles. The van der Waals surface area contributed by atoms with Crippen LogP contribution in [-0.4, -0.2) is 37.1 Å². The minimum Gasteiger partial charge on any atom is -0.381 e. The number of nitriles is 1. The van der Waals surface area contributed by atoms with Gasteiger partial charge in [0, 0.05) is 26.3 Å². The van der Waals surface area contributed by atoms with Gasteiger partial charge < -0.3 is 9.64 Å². The molecule has 0 N–H and O–H groups in total. The van der Waals surface area contributed by atoms with E-state index in [-0.39, 0.29) is 11.9 Å².